The van der Waals surface area contributed by atoms with E-state index in [9.17, 15) is 14.4 Å². The summed E-state index contributed by atoms with van der Waals surface area (Å²) in [5, 5.41) is 4.39. The number of hydrogen-bond donors (Lipinski definition) is 1. The Bertz CT molecular complexity index is 948. The molecular weight excluding hydrogens is 414 g/mol. The molecule has 1 fully saturated rings. The van der Waals surface area contributed by atoms with Gasteiger partial charge in [-0.15, -0.1) is 6.42 Å². The lowest BCUT2D eigenvalue weighted by molar-refractivity contribution is 0.0233. The van der Waals surface area contributed by atoms with Gasteiger partial charge in [0, 0.05) is 19.6 Å². The lowest BCUT2D eigenvalue weighted by atomic mass is 10.1. The maximum absolute atomic E-state index is 12.8. The summed E-state index contributed by atoms with van der Waals surface area (Å²) in [6.45, 7) is 12.7. The zero-order valence-electron chi connectivity index (χ0n) is 20.1. The number of nitrogens with zero attached hydrogens (tertiary/aromatic N) is 4. The first-order chi connectivity index (χ1) is 14.6. The van der Waals surface area contributed by atoms with Crippen LogP contribution in [0.15, 0.2) is 0 Å². The molecule has 2 heterocycles. The molecule has 1 aliphatic rings. The van der Waals surface area contributed by atoms with E-state index in [1.165, 1.54) is 16.6 Å². The van der Waals surface area contributed by atoms with E-state index in [4.69, 9.17) is 21.6 Å². The minimum atomic E-state index is -0.815. The van der Waals surface area contributed by atoms with Gasteiger partial charge in [-0.2, -0.15) is 5.10 Å². The second kappa shape index (κ2) is 8.73. The van der Waals surface area contributed by atoms with Crippen molar-refractivity contribution in [1.82, 2.24) is 14.7 Å². The van der Waals surface area contributed by atoms with Crippen LogP contribution in [-0.4, -0.2) is 63.6 Å². The SMILES string of the molecule is C#Cc1nn([C@H]2C[C@@H](C)N(C(=O)OC(C)(C)C)C2)c(N(C)C(=O)OC(C)(C)C)c1C(N)=O. The van der Waals surface area contributed by atoms with Crippen molar-refractivity contribution in [3.8, 4) is 12.3 Å². The van der Waals surface area contributed by atoms with Crippen molar-refractivity contribution < 1.29 is 23.9 Å². The van der Waals surface area contributed by atoms with Gasteiger partial charge in [0.1, 0.15) is 22.5 Å². The van der Waals surface area contributed by atoms with Gasteiger partial charge in [-0.1, -0.05) is 0 Å². The third-order valence-electron chi connectivity index (χ3n) is 4.78. The van der Waals surface area contributed by atoms with Crippen LogP contribution in [0, 0.1) is 12.3 Å². The Morgan fingerprint density at radius 1 is 1.16 bits per heavy atom. The summed E-state index contributed by atoms with van der Waals surface area (Å²) >= 11 is 0. The van der Waals surface area contributed by atoms with Crippen LogP contribution in [0.1, 0.15) is 77.0 Å². The number of ether oxygens (including phenoxy) is 2. The smallest absolute Gasteiger partial charge is 0.415 e. The number of hydrogen-bond acceptors (Lipinski definition) is 6. The van der Waals surface area contributed by atoms with Crippen LogP contribution in [0.2, 0.25) is 0 Å². The molecule has 0 aromatic carbocycles. The van der Waals surface area contributed by atoms with E-state index >= 15 is 0 Å². The number of primary amides is 1. The molecule has 1 aromatic rings. The Labute approximate surface area is 189 Å². The predicted octanol–water partition coefficient (Wildman–Crippen LogP) is 2.91. The molecule has 0 spiro atoms. The Morgan fingerprint density at radius 2 is 1.72 bits per heavy atom. The Morgan fingerprint density at radius 3 is 2.19 bits per heavy atom. The van der Waals surface area contributed by atoms with E-state index < -0.39 is 29.3 Å². The summed E-state index contributed by atoms with van der Waals surface area (Å²) in [6.07, 6.45) is 4.93. The summed E-state index contributed by atoms with van der Waals surface area (Å²) < 4.78 is 12.4. The fraction of sp³-hybridized carbons (Fsp3) is 0.636. The molecule has 1 aliphatic heterocycles. The van der Waals surface area contributed by atoms with Crippen molar-refractivity contribution in [3.05, 3.63) is 11.3 Å². The van der Waals surface area contributed by atoms with Gasteiger partial charge < -0.3 is 20.1 Å². The predicted molar refractivity (Wildman–Crippen MR) is 119 cm³/mol. The molecule has 1 aromatic heterocycles. The van der Waals surface area contributed by atoms with Crippen LogP contribution in [-0.2, 0) is 9.47 Å². The number of carbonyl (C=O) groups excluding carboxylic acids is 3. The Kier molecular flexibility index (Phi) is 6.83. The fourth-order valence-electron chi connectivity index (χ4n) is 3.50. The highest BCUT2D eigenvalue weighted by Crippen LogP contribution is 2.34. The minimum Gasteiger partial charge on any atom is -0.444 e. The molecule has 0 radical (unpaired) electrons. The van der Waals surface area contributed by atoms with Gasteiger partial charge in [0.15, 0.2) is 5.82 Å². The van der Waals surface area contributed by atoms with Gasteiger partial charge in [-0.25, -0.2) is 14.3 Å². The molecule has 2 N–H and O–H groups in total. The van der Waals surface area contributed by atoms with E-state index in [1.54, 1.807) is 46.4 Å². The maximum Gasteiger partial charge on any atom is 0.415 e. The maximum atomic E-state index is 12.8. The molecule has 3 amide bonds. The molecular formula is C22H33N5O5. The first kappa shape index (κ1) is 25.0. The number of aromatic nitrogens is 2. The second-order valence-corrected chi connectivity index (χ2v) is 9.91. The van der Waals surface area contributed by atoms with E-state index in [-0.39, 0.29) is 35.7 Å². The highest BCUT2D eigenvalue weighted by atomic mass is 16.6. The molecule has 2 atom stereocenters. The monoisotopic (exact) mass is 447 g/mol. The Balaban J connectivity index is 2.48. The van der Waals surface area contributed by atoms with E-state index in [1.807, 2.05) is 6.92 Å². The average Bonchev–Trinajstić information content (AvgIpc) is 3.18. The zero-order valence-corrected chi connectivity index (χ0v) is 20.1. The standard InChI is InChI=1S/C22H33N5O5/c1-10-15-16(17(23)28)18(25(9)19(29)31-21(3,4)5)27(24-15)14-11-13(2)26(12-14)20(30)32-22(6,7)8/h1,13-14H,11-12H2,2-9H3,(H2,23,28)/t13-,14+/m1/s1. The largest absolute Gasteiger partial charge is 0.444 e. The molecule has 0 saturated carbocycles. The molecule has 1 saturated heterocycles. The molecule has 32 heavy (non-hydrogen) atoms. The number of nitrogens with two attached hydrogens (primary N) is 1. The van der Waals surface area contributed by atoms with Gasteiger partial charge in [-0.05, 0) is 60.8 Å². The number of terminal acetylenes is 1. The molecule has 0 aliphatic carbocycles. The molecule has 10 heteroatoms. The quantitative estimate of drug-likeness (QED) is 0.712. The van der Waals surface area contributed by atoms with Gasteiger partial charge >= 0.3 is 12.2 Å². The fourth-order valence-corrected chi connectivity index (χ4v) is 3.50. The number of rotatable bonds is 3. The number of amides is 3. The third-order valence-corrected chi connectivity index (χ3v) is 4.78. The molecule has 10 nitrogen and oxygen atoms in total. The highest BCUT2D eigenvalue weighted by molar-refractivity contribution is 6.03. The summed E-state index contributed by atoms with van der Waals surface area (Å²) in [6, 6.07) is -0.525. The van der Waals surface area contributed by atoms with Crippen LogP contribution < -0.4 is 10.6 Å². The van der Waals surface area contributed by atoms with Crippen molar-refractivity contribution in [2.75, 3.05) is 18.5 Å². The summed E-state index contributed by atoms with van der Waals surface area (Å²) in [7, 11) is 1.46. The lowest BCUT2D eigenvalue weighted by Crippen LogP contribution is -2.39. The van der Waals surface area contributed by atoms with Crippen molar-refractivity contribution >= 4 is 23.9 Å². The van der Waals surface area contributed by atoms with Crippen LogP contribution in [0.4, 0.5) is 15.4 Å². The first-order valence-corrected chi connectivity index (χ1v) is 10.4. The second-order valence-electron chi connectivity index (χ2n) is 9.91. The number of likely N-dealkylation sites (tertiary alicyclic amines) is 1. The molecule has 2 rings (SSSR count). The molecule has 0 unspecified atom stereocenters. The van der Waals surface area contributed by atoms with Crippen LogP contribution in [0.5, 0.6) is 0 Å². The minimum absolute atomic E-state index is 0.0197. The van der Waals surface area contributed by atoms with Crippen molar-refractivity contribution in [2.45, 2.75) is 78.2 Å². The third kappa shape index (κ3) is 5.52. The zero-order chi connectivity index (χ0) is 24.6. The van der Waals surface area contributed by atoms with Crippen LogP contribution >= 0.6 is 0 Å². The topological polar surface area (TPSA) is 120 Å². The van der Waals surface area contributed by atoms with Crippen molar-refractivity contribution in [3.63, 3.8) is 0 Å². The average molecular weight is 448 g/mol. The first-order valence-electron chi connectivity index (χ1n) is 10.4. The van der Waals surface area contributed by atoms with Crippen LogP contribution in [0.3, 0.4) is 0 Å². The molecule has 0 bridgehead atoms. The van der Waals surface area contributed by atoms with Gasteiger partial charge in [0.25, 0.3) is 5.91 Å². The molecule has 176 valence electrons. The van der Waals surface area contributed by atoms with Gasteiger partial charge in [-0.3, -0.25) is 9.69 Å². The Hall–Kier alpha value is -3.22. The van der Waals surface area contributed by atoms with Crippen molar-refractivity contribution in [2.24, 2.45) is 5.73 Å². The number of anilines is 1. The van der Waals surface area contributed by atoms with Gasteiger partial charge in [0.2, 0.25) is 0 Å². The van der Waals surface area contributed by atoms with E-state index in [2.05, 4.69) is 11.0 Å². The van der Waals surface area contributed by atoms with Gasteiger partial charge in [0.05, 0.1) is 6.04 Å². The summed E-state index contributed by atoms with van der Waals surface area (Å²) in [4.78, 5) is 40.4. The van der Waals surface area contributed by atoms with Crippen molar-refractivity contribution in [1.29, 1.82) is 0 Å². The van der Waals surface area contributed by atoms with Crippen LogP contribution in [0.25, 0.3) is 0 Å². The lowest BCUT2D eigenvalue weighted by Gasteiger charge is -2.27. The number of carbonyl (C=O) groups is 3. The highest BCUT2D eigenvalue weighted by Gasteiger charge is 2.40. The van der Waals surface area contributed by atoms with E-state index in [0.29, 0.717) is 6.42 Å². The summed E-state index contributed by atoms with van der Waals surface area (Å²) in [5.74, 6) is 1.68. The summed E-state index contributed by atoms with van der Waals surface area (Å²) in [5.41, 5.74) is 4.16. The van der Waals surface area contributed by atoms with E-state index in [0.717, 1.165) is 0 Å². The normalized spacial score (nSPS) is 18.8.